The van der Waals surface area contributed by atoms with Crippen molar-refractivity contribution >= 4 is 0 Å². The number of halogens is 2. The Morgan fingerprint density at radius 3 is 2.53 bits per heavy atom. The zero-order chi connectivity index (χ0) is 12.8. The lowest BCUT2D eigenvalue weighted by molar-refractivity contribution is -0.0512. The molecule has 1 atom stereocenters. The van der Waals surface area contributed by atoms with Crippen LogP contribution in [0.5, 0.6) is 11.5 Å². The van der Waals surface area contributed by atoms with Gasteiger partial charge in [0.05, 0.1) is 7.11 Å². The van der Waals surface area contributed by atoms with E-state index in [9.17, 15) is 8.78 Å². The van der Waals surface area contributed by atoms with Crippen molar-refractivity contribution in [2.75, 3.05) is 13.7 Å². The van der Waals surface area contributed by atoms with Gasteiger partial charge in [0, 0.05) is 6.04 Å². The van der Waals surface area contributed by atoms with Crippen molar-refractivity contribution in [3.05, 3.63) is 23.8 Å². The van der Waals surface area contributed by atoms with Gasteiger partial charge in [-0.05, 0) is 31.2 Å². The average Bonchev–Trinajstić information content (AvgIpc) is 2.29. The molecule has 96 valence electrons. The topological polar surface area (TPSA) is 30.5 Å². The fourth-order valence-electron chi connectivity index (χ4n) is 1.57. The van der Waals surface area contributed by atoms with E-state index in [1.165, 1.54) is 13.2 Å². The summed E-state index contributed by atoms with van der Waals surface area (Å²) in [5.41, 5.74) is 0.963. The number of hydrogen-bond donors (Lipinski definition) is 1. The van der Waals surface area contributed by atoms with Gasteiger partial charge >= 0.3 is 6.61 Å². The monoisotopic (exact) mass is 245 g/mol. The molecule has 0 radical (unpaired) electrons. The lowest BCUT2D eigenvalue weighted by Gasteiger charge is -2.16. The minimum absolute atomic E-state index is 0.0509. The van der Waals surface area contributed by atoms with Gasteiger partial charge in [-0.25, -0.2) is 0 Å². The maximum absolute atomic E-state index is 12.1. The zero-order valence-corrected chi connectivity index (χ0v) is 10.2. The molecular weight excluding hydrogens is 228 g/mol. The summed E-state index contributed by atoms with van der Waals surface area (Å²) in [6.07, 6.45) is 0. The second-order valence-corrected chi connectivity index (χ2v) is 3.57. The van der Waals surface area contributed by atoms with E-state index < -0.39 is 6.61 Å². The van der Waals surface area contributed by atoms with E-state index in [1.807, 2.05) is 13.8 Å². The standard InChI is InChI=1S/C12H17F2NO2/c1-4-15-8(2)9-5-6-10(17-12(13)14)11(7-9)16-3/h5-8,12,15H,4H2,1-3H3. The molecule has 1 unspecified atom stereocenters. The van der Waals surface area contributed by atoms with Gasteiger partial charge in [-0.15, -0.1) is 0 Å². The highest BCUT2D eigenvalue weighted by Gasteiger charge is 2.13. The molecule has 17 heavy (non-hydrogen) atoms. The van der Waals surface area contributed by atoms with Crippen molar-refractivity contribution in [3.8, 4) is 11.5 Å². The van der Waals surface area contributed by atoms with Crippen molar-refractivity contribution in [1.29, 1.82) is 0 Å². The zero-order valence-electron chi connectivity index (χ0n) is 10.2. The van der Waals surface area contributed by atoms with Crippen LogP contribution in [0.25, 0.3) is 0 Å². The number of alkyl halides is 2. The summed E-state index contributed by atoms with van der Waals surface area (Å²) in [5, 5.41) is 3.23. The van der Waals surface area contributed by atoms with Crippen LogP contribution in [0.2, 0.25) is 0 Å². The van der Waals surface area contributed by atoms with Crippen LogP contribution in [0.4, 0.5) is 8.78 Å². The van der Waals surface area contributed by atoms with E-state index >= 15 is 0 Å². The van der Waals surface area contributed by atoms with E-state index in [0.29, 0.717) is 5.75 Å². The second kappa shape index (κ2) is 6.39. The maximum atomic E-state index is 12.1. The van der Waals surface area contributed by atoms with E-state index in [4.69, 9.17) is 4.74 Å². The summed E-state index contributed by atoms with van der Waals surface area (Å²) in [6, 6.07) is 5.07. The Kier molecular flexibility index (Phi) is 5.15. The van der Waals surface area contributed by atoms with Crippen LogP contribution in [0.1, 0.15) is 25.5 Å². The number of rotatable bonds is 6. The number of hydrogen-bond acceptors (Lipinski definition) is 3. The smallest absolute Gasteiger partial charge is 0.387 e. The first-order chi connectivity index (χ1) is 8.08. The molecule has 0 saturated carbocycles. The van der Waals surface area contributed by atoms with E-state index in [-0.39, 0.29) is 11.8 Å². The molecule has 0 aliphatic rings. The molecule has 1 rings (SSSR count). The van der Waals surface area contributed by atoms with Gasteiger partial charge in [-0.1, -0.05) is 13.0 Å². The number of methoxy groups -OCH3 is 1. The Balaban J connectivity index is 2.91. The third-order valence-electron chi connectivity index (χ3n) is 2.41. The van der Waals surface area contributed by atoms with Gasteiger partial charge < -0.3 is 14.8 Å². The predicted octanol–water partition coefficient (Wildman–Crippen LogP) is 2.97. The normalized spacial score (nSPS) is 12.6. The van der Waals surface area contributed by atoms with Gasteiger partial charge in [-0.2, -0.15) is 8.78 Å². The van der Waals surface area contributed by atoms with E-state index in [0.717, 1.165) is 12.1 Å². The molecule has 0 aliphatic heterocycles. The van der Waals surface area contributed by atoms with E-state index in [2.05, 4.69) is 10.1 Å². The Hall–Kier alpha value is -1.36. The molecule has 0 aliphatic carbocycles. The molecule has 0 spiro atoms. The van der Waals surface area contributed by atoms with Crippen molar-refractivity contribution < 1.29 is 18.3 Å². The van der Waals surface area contributed by atoms with Crippen molar-refractivity contribution in [2.45, 2.75) is 26.5 Å². The van der Waals surface area contributed by atoms with Gasteiger partial charge in [0.2, 0.25) is 0 Å². The minimum Gasteiger partial charge on any atom is -0.493 e. The van der Waals surface area contributed by atoms with Crippen LogP contribution in [0, 0.1) is 0 Å². The molecule has 0 heterocycles. The number of nitrogens with one attached hydrogen (secondary N) is 1. The Bertz CT molecular complexity index is 358. The summed E-state index contributed by atoms with van der Waals surface area (Å²) >= 11 is 0. The molecular formula is C12H17F2NO2. The largest absolute Gasteiger partial charge is 0.493 e. The second-order valence-electron chi connectivity index (χ2n) is 3.57. The summed E-state index contributed by atoms with van der Waals surface area (Å²) < 4.78 is 33.6. The lowest BCUT2D eigenvalue weighted by atomic mass is 10.1. The summed E-state index contributed by atoms with van der Waals surface area (Å²) in [5.74, 6) is 0.363. The highest BCUT2D eigenvalue weighted by Crippen LogP contribution is 2.31. The molecule has 0 bridgehead atoms. The predicted molar refractivity (Wildman–Crippen MR) is 61.7 cm³/mol. The third-order valence-corrected chi connectivity index (χ3v) is 2.41. The molecule has 1 N–H and O–H groups in total. The molecule has 0 saturated heterocycles. The van der Waals surface area contributed by atoms with Crippen molar-refractivity contribution in [2.24, 2.45) is 0 Å². The van der Waals surface area contributed by atoms with Crippen LogP contribution >= 0.6 is 0 Å². The molecule has 1 aromatic carbocycles. The Labute approximate surface area is 99.7 Å². The number of benzene rings is 1. The van der Waals surface area contributed by atoms with E-state index in [1.54, 1.807) is 12.1 Å². The highest BCUT2D eigenvalue weighted by molar-refractivity contribution is 5.43. The van der Waals surface area contributed by atoms with Gasteiger partial charge in [0.1, 0.15) is 0 Å². The molecule has 5 heteroatoms. The summed E-state index contributed by atoms with van der Waals surface area (Å²) in [7, 11) is 1.43. The SMILES string of the molecule is CCNC(C)c1ccc(OC(F)F)c(OC)c1. The van der Waals surface area contributed by atoms with Crippen LogP contribution in [0.15, 0.2) is 18.2 Å². The first-order valence-electron chi connectivity index (χ1n) is 5.44. The average molecular weight is 245 g/mol. The quantitative estimate of drug-likeness (QED) is 0.835. The first kappa shape index (κ1) is 13.7. The molecule has 0 amide bonds. The number of ether oxygens (including phenoxy) is 2. The maximum Gasteiger partial charge on any atom is 0.387 e. The van der Waals surface area contributed by atoms with Gasteiger partial charge in [0.15, 0.2) is 11.5 Å². The highest BCUT2D eigenvalue weighted by atomic mass is 19.3. The summed E-state index contributed by atoms with van der Waals surface area (Å²) in [6.45, 7) is 1.98. The summed E-state index contributed by atoms with van der Waals surface area (Å²) in [4.78, 5) is 0. The fraction of sp³-hybridized carbons (Fsp3) is 0.500. The van der Waals surface area contributed by atoms with Crippen molar-refractivity contribution in [3.63, 3.8) is 0 Å². The van der Waals surface area contributed by atoms with Crippen LogP contribution < -0.4 is 14.8 Å². The van der Waals surface area contributed by atoms with Crippen molar-refractivity contribution in [1.82, 2.24) is 5.32 Å². The Morgan fingerprint density at radius 2 is 2.00 bits per heavy atom. The molecule has 0 aromatic heterocycles. The van der Waals surface area contributed by atoms with Crippen LogP contribution in [-0.2, 0) is 0 Å². The molecule has 1 aromatic rings. The minimum atomic E-state index is -2.85. The third kappa shape index (κ3) is 3.85. The van der Waals surface area contributed by atoms with Gasteiger partial charge in [-0.3, -0.25) is 0 Å². The van der Waals surface area contributed by atoms with Gasteiger partial charge in [0.25, 0.3) is 0 Å². The van der Waals surface area contributed by atoms with Crippen LogP contribution in [0.3, 0.4) is 0 Å². The Morgan fingerprint density at radius 1 is 1.29 bits per heavy atom. The van der Waals surface area contributed by atoms with Crippen LogP contribution in [-0.4, -0.2) is 20.3 Å². The fourth-order valence-corrected chi connectivity index (χ4v) is 1.57. The lowest BCUT2D eigenvalue weighted by Crippen LogP contribution is -2.17. The molecule has 3 nitrogen and oxygen atoms in total. The first-order valence-corrected chi connectivity index (χ1v) is 5.44. The molecule has 0 fully saturated rings.